The minimum Gasteiger partial charge on any atom is -0.466 e. The van der Waals surface area contributed by atoms with Gasteiger partial charge in [-0.3, -0.25) is 14.4 Å². The van der Waals surface area contributed by atoms with Gasteiger partial charge in [-0.1, -0.05) is 13.8 Å². The highest BCUT2D eigenvalue weighted by molar-refractivity contribution is 5.96. The first-order chi connectivity index (χ1) is 11.2. The Bertz CT molecular complexity index is 578. The maximum absolute atomic E-state index is 13.2. The number of carbonyl (C=O) groups excluding carboxylic acids is 3. The molecule has 3 rings (SSSR count). The monoisotopic (exact) mass is 337 g/mol. The number of hydrogen-bond donors (Lipinski definition) is 0. The van der Waals surface area contributed by atoms with Crippen LogP contribution in [0.25, 0.3) is 0 Å². The fourth-order valence-electron chi connectivity index (χ4n) is 4.56. The topological polar surface area (TPSA) is 72.9 Å². The van der Waals surface area contributed by atoms with Gasteiger partial charge in [0.15, 0.2) is 5.60 Å². The minimum absolute atomic E-state index is 0.0932. The molecule has 1 saturated carbocycles. The smallest absolute Gasteiger partial charge is 0.313 e. The number of fused-ring (bicyclic) bond motifs is 2. The van der Waals surface area contributed by atoms with Crippen molar-refractivity contribution >= 4 is 17.8 Å². The Balaban J connectivity index is 1.73. The van der Waals surface area contributed by atoms with Crippen molar-refractivity contribution in [3.8, 4) is 0 Å². The number of nitrogens with zero attached hydrogens (tertiary/aromatic N) is 1. The highest BCUT2D eigenvalue weighted by atomic mass is 16.6. The molecule has 0 aromatic heterocycles. The molecule has 1 aliphatic carbocycles. The number of ether oxygens (including phenoxy) is 2. The average molecular weight is 337 g/mol. The molecule has 6 nitrogen and oxygen atoms in total. The van der Waals surface area contributed by atoms with E-state index in [1.54, 1.807) is 11.8 Å². The molecule has 0 N–H and O–H groups in total. The van der Waals surface area contributed by atoms with Crippen molar-refractivity contribution in [2.45, 2.75) is 59.0 Å². The van der Waals surface area contributed by atoms with E-state index in [0.29, 0.717) is 45.4 Å². The number of hydrogen-bond acceptors (Lipinski definition) is 5. The van der Waals surface area contributed by atoms with Gasteiger partial charge in [-0.2, -0.15) is 0 Å². The quantitative estimate of drug-likeness (QED) is 0.736. The predicted molar refractivity (Wildman–Crippen MR) is 85.9 cm³/mol. The van der Waals surface area contributed by atoms with E-state index in [1.807, 2.05) is 20.8 Å². The van der Waals surface area contributed by atoms with E-state index < -0.39 is 16.4 Å². The molecule has 0 spiro atoms. The SMILES string of the molecule is CCOC(=O)C1CCN(C(=O)[C@]23CC[C@@](C)(C(=O)O2)C3(C)C)CC1. The van der Waals surface area contributed by atoms with E-state index >= 15 is 0 Å². The van der Waals surface area contributed by atoms with E-state index in [1.165, 1.54) is 0 Å². The molecule has 24 heavy (non-hydrogen) atoms. The van der Waals surface area contributed by atoms with Crippen LogP contribution in [0.3, 0.4) is 0 Å². The second-order valence-electron chi connectivity index (χ2n) is 7.99. The average Bonchev–Trinajstić information content (AvgIpc) is 2.85. The first-order valence-electron chi connectivity index (χ1n) is 8.89. The molecule has 0 radical (unpaired) electrons. The summed E-state index contributed by atoms with van der Waals surface area (Å²) in [7, 11) is 0. The molecule has 1 amide bonds. The van der Waals surface area contributed by atoms with Crippen molar-refractivity contribution in [2.24, 2.45) is 16.7 Å². The summed E-state index contributed by atoms with van der Waals surface area (Å²) in [6, 6.07) is 0. The van der Waals surface area contributed by atoms with Gasteiger partial charge >= 0.3 is 11.9 Å². The zero-order valence-corrected chi connectivity index (χ0v) is 15.0. The molecule has 3 fully saturated rings. The number of piperidine rings is 1. The molecule has 0 aromatic carbocycles. The zero-order valence-electron chi connectivity index (χ0n) is 15.0. The van der Waals surface area contributed by atoms with Crippen LogP contribution in [0.15, 0.2) is 0 Å². The molecule has 0 unspecified atom stereocenters. The van der Waals surface area contributed by atoms with Crippen LogP contribution in [0.2, 0.25) is 0 Å². The van der Waals surface area contributed by atoms with Gasteiger partial charge in [0.1, 0.15) is 0 Å². The molecule has 2 heterocycles. The van der Waals surface area contributed by atoms with Gasteiger partial charge in [0, 0.05) is 18.5 Å². The molecule has 2 bridgehead atoms. The van der Waals surface area contributed by atoms with Gasteiger partial charge < -0.3 is 14.4 Å². The molecule has 2 saturated heterocycles. The lowest BCUT2D eigenvalue weighted by atomic mass is 9.66. The summed E-state index contributed by atoms with van der Waals surface area (Å²) in [4.78, 5) is 39.2. The normalized spacial score (nSPS) is 35.0. The fraction of sp³-hybridized carbons (Fsp3) is 0.833. The number of amides is 1. The van der Waals surface area contributed by atoms with E-state index in [9.17, 15) is 14.4 Å². The first kappa shape index (κ1) is 17.2. The minimum atomic E-state index is -1.05. The first-order valence-corrected chi connectivity index (χ1v) is 8.89. The summed E-state index contributed by atoms with van der Waals surface area (Å²) in [5, 5.41) is 0. The third kappa shape index (κ3) is 2.04. The van der Waals surface area contributed by atoms with Crippen LogP contribution < -0.4 is 0 Å². The third-order valence-corrected chi connectivity index (χ3v) is 6.83. The summed E-state index contributed by atoms with van der Waals surface area (Å²) in [5.74, 6) is -0.666. The van der Waals surface area contributed by atoms with Crippen molar-refractivity contribution in [3.63, 3.8) is 0 Å². The molecule has 0 aromatic rings. The van der Waals surface area contributed by atoms with Crippen molar-refractivity contribution in [1.82, 2.24) is 4.90 Å². The van der Waals surface area contributed by atoms with Crippen LogP contribution in [-0.2, 0) is 23.9 Å². The van der Waals surface area contributed by atoms with Crippen LogP contribution in [0.5, 0.6) is 0 Å². The summed E-state index contributed by atoms with van der Waals surface area (Å²) in [5.41, 5.74) is -2.16. The molecule has 2 atom stereocenters. The van der Waals surface area contributed by atoms with Crippen molar-refractivity contribution < 1.29 is 23.9 Å². The lowest BCUT2D eigenvalue weighted by molar-refractivity contribution is -0.175. The fourth-order valence-corrected chi connectivity index (χ4v) is 4.56. The van der Waals surface area contributed by atoms with Gasteiger partial charge in [-0.05, 0) is 39.5 Å². The molecular formula is C18H27NO5. The van der Waals surface area contributed by atoms with Gasteiger partial charge in [-0.25, -0.2) is 0 Å². The van der Waals surface area contributed by atoms with Gasteiger partial charge in [-0.15, -0.1) is 0 Å². The zero-order chi connectivity index (χ0) is 17.8. The Morgan fingerprint density at radius 3 is 2.29 bits per heavy atom. The van der Waals surface area contributed by atoms with Crippen molar-refractivity contribution in [1.29, 1.82) is 0 Å². The Labute approximate surface area is 142 Å². The van der Waals surface area contributed by atoms with E-state index in [0.717, 1.165) is 0 Å². The largest absolute Gasteiger partial charge is 0.466 e. The van der Waals surface area contributed by atoms with Gasteiger partial charge in [0.2, 0.25) is 0 Å². The lowest BCUT2D eigenvalue weighted by Gasteiger charge is -2.41. The number of carbonyl (C=O) groups is 3. The van der Waals surface area contributed by atoms with Crippen LogP contribution in [0.4, 0.5) is 0 Å². The molecule has 3 aliphatic rings. The van der Waals surface area contributed by atoms with Crippen LogP contribution in [-0.4, -0.2) is 48.0 Å². The molecule has 6 heteroatoms. The lowest BCUT2D eigenvalue weighted by Crippen LogP contribution is -2.56. The summed E-state index contributed by atoms with van der Waals surface area (Å²) < 4.78 is 10.7. The van der Waals surface area contributed by atoms with Crippen LogP contribution in [0.1, 0.15) is 53.4 Å². The van der Waals surface area contributed by atoms with Crippen molar-refractivity contribution in [3.05, 3.63) is 0 Å². The number of likely N-dealkylation sites (tertiary alicyclic amines) is 1. The Morgan fingerprint density at radius 2 is 1.83 bits per heavy atom. The Kier molecular flexibility index (Phi) is 3.92. The van der Waals surface area contributed by atoms with E-state index in [4.69, 9.17) is 9.47 Å². The maximum atomic E-state index is 13.2. The van der Waals surface area contributed by atoms with E-state index in [2.05, 4.69) is 0 Å². The maximum Gasteiger partial charge on any atom is 0.313 e. The Hall–Kier alpha value is -1.59. The van der Waals surface area contributed by atoms with Gasteiger partial charge in [0.05, 0.1) is 17.9 Å². The number of rotatable bonds is 3. The summed E-state index contributed by atoms with van der Waals surface area (Å²) in [6.45, 7) is 9.03. The Morgan fingerprint density at radius 1 is 1.21 bits per heavy atom. The summed E-state index contributed by atoms with van der Waals surface area (Å²) >= 11 is 0. The third-order valence-electron chi connectivity index (χ3n) is 6.83. The molecule has 2 aliphatic heterocycles. The van der Waals surface area contributed by atoms with Gasteiger partial charge in [0.25, 0.3) is 5.91 Å². The van der Waals surface area contributed by atoms with Crippen molar-refractivity contribution in [2.75, 3.05) is 19.7 Å². The van der Waals surface area contributed by atoms with E-state index in [-0.39, 0.29) is 23.8 Å². The van der Waals surface area contributed by atoms with Crippen LogP contribution >= 0.6 is 0 Å². The second kappa shape index (κ2) is 5.46. The standard InChI is InChI=1S/C18H27NO5/c1-5-23-13(20)12-6-10-19(11-7-12)14(21)18-9-8-17(4,15(22)24-18)16(18,2)3/h12H,5-11H2,1-4H3/t17-,18-/m0/s1. The van der Waals surface area contributed by atoms with Crippen LogP contribution in [0, 0.1) is 16.7 Å². The molecular weight excluding hydrogens is 310 g/mol. The predicted octanol–water partition coefficient (Wildman–Crippen LogP) is 1.91. The second-order valence-corrected chi connectivity index (χ2v) is 7.99. The molecule has 134 valence electrons. The highest BCUT2D eigenvalue weighted by Gasteiger charge is 2.76. The summed E-state index contributed by atoms with van der Waals surface area (Å²) in [6.07, 6.45) is 2.47. The number of esters is 2. The highest BCUT2D eigenvalue weighted by Crippen LogP contribution is 2.66.